The van der Waals surface area contributed by atoms with Crippen molar-refractivity contribution in [2.75, 3.05) is 38.1 Å². The summed E-state index contributed by atoms with van der Waals surface area (Å²) < 4.78 is 0. The lowest BCUT2D eigenvalue weighted by Crippen LogP contribution is -2.44. The molecule has 0 amide bonds. The third kappa shape index (κ3) is 2.10. The maximum absolute atomic E-state index is 4.65. The molecule has 90 valence electrons. The smallest absolute Gasteiger partial charge is 0.189 e. The van der Waals surface area contributed by atoms with Gasteiger partial charge in [0.25, 0.3) is 0 Å². The van der Waals surface area contributed by atoms with E-state index in [9.17, 15) is 0 Å². The molecule has 1 saturated heterocycles. The Balaban J connectivity index is 1.89. The number of hydrogen-bond donors (Lipinski definition) is 0. The lowest BCUT2D eigenvalue weighted by molar-refractivity contribution is 0.312. The van der Waals surface area contributed by atoms with Crippen molar-refractivity contribution in [3.8, 4) is 0 Å². The summed E-state index contributed by atoms with van der Waals surface area (Å²) in [5.74, 6) is 0.981. The van der Waals surface area contributed by atoms with Gasteiger partial charge in [0.1, 0.15) is 5.82 Å². The van der Waals surface area contributed by atoms with Gasteiger partial charge in [0, 0.05) is 26.2 Å². The molecule has 3 heterocycles. The van der Waals surface area contributed by atoms with Crippen LogP contribution >= 0.6 is 11.3 Å². The number of likely N-dealkylation sites (N-methyl/N-ethyl adjacent to an activating group) is 1. The van der Waals surface area contributed by atoms with E-state index in [4.69, 9.17) is 0 Å². The van der Waals surface area contributed by atoms with Gasteiger partial charge >= 0.3 is 0 Å². The minimum absolute atomic E-state index is 0.769. The molecule has 0 aliphatic carbocycles. The predicted octanol–water partition coefficient (Wildman–Crippen LogP) is 1.15. The molecular weight excluding hydrogens is 234 g/mol. The summed E-state index contributed by atoms with van der Waals surface area (Å²) in [7, 11) is 2.15. The quantitative estimate of drug-likeness (QED) is 0.758. The average Bonchev–Trinajstić information content (AvgIpc) is 2.69. The Morgan fingerprint density at radius 3 is 2.71 bits per heavy atom. The number of hydrogen-bond acceptors (Lipinski definition) is 6. The Labute approximate surface area is 104 Å². The summed E-state index contributed by atoms with van der Waals surface area (Å²) in [6.45, 7) is 6.20. The first kappa shape index (κ1) is 10.9. The molecular formula is C11H15N5S. The zero-order valence-electron chi connectivity index (χ0n) is 10.1. The van der Waals surface area contributed by atoms with Crippen molar-refractivity contribution in [1.82, 2.24) is 19.9 Å². The summed E-state index contributed by atoms with van der Waals surface area (Å²) in [5, 5.41) is 1.02. The molecule has 0 atom stereocenters. The van der Waals surface area contributed by atoms with Crippen LogP contribution in [0.5, 0.6) is 0 Å². The first-order valence-corrected chi connectivity index (χ1v) is 6.58. The van der Waals surface area contributed by atoms with Gasteiger partial charge < -0.3 is 9.80 Å². The van der Waals surface area contributed by atoms with Crippen LogP contribution in [0, 0.1) is 6.92 Å². The topological polar surface area (TPSA) is 45.2 Å². The third-order valence-electron chi connectivity index (χ3n) is 3.04. The average molecular weight is 249 g/mol. The molecule has 2 aromatic heterocycles. The Morgan fingerprint density at radius 2 is 1.94 bits per heavy atom. The molecule has 5 nitrogen and oxygen atoms in total. The van der Waals surface area contributed by atoms with Crippen LogP contribution in [0.2, 0.25) is 0 Å². The van der Waals surface area contributed by atoms with Gasteiger partial charge in [0.15, 0.2) is 10.5 Å². The maximum Gasteiger partial charge on any atom is 0.189 e. The highest BCUT2D eigenvalue weighted by Gasteiger charge is 2.16. The number of rotatable bonds is 1. The number of fused-ring (bicyclic) bond motifs is 1. The molecule has 1 fully saturated rings. The van der Waals surface area contributed by atoms with E-state index in [1.807, 2.05) is 13.1 Å². The van der Waals surface area contributed by atoms with Crippen LogP contribution in [0.1, 0.15) is 5.01 Å². The number of aromatic nitrogens is 3. The summed E-state index contributed by atoms with van der Waals surface area (Å²) in [6.07, 6.45) is 1.84. The summed E-state index contributed by atoms with van der Waals surface area (Å²) in [6, 6.07) is 0. The summed E-state index contributed by atoms with van der Waals surface area (Å²) in [4.78, 5) is 18.9. The van der Waals surface area contributed by atoms with Crippen LogP contribution in [0.4, 0.5) is 5.82 Å². The number of nitrogens with zero attached hydrogens (tertiary/aromatic N) is 5. The fraction of sp³-hybridized carbons (Fsp3) is 0.545. The Hall–Kier alpha value is -1.27. The zero-order valence-corrected chi connectivity index (χ0v) is 10.9. The fourth-order valence-corrected chi connectivity index (χ4v) is 2.74. The molecule has 0 saturated carbocycles. The molecule has 3 rings (SSSR count). The van der Waals surface area contributed by atoms with Crippen LogP contribution in [0.25, 0.3) is 10.5 Å². The fourth-order valence-electron chi connectivity index (χ4n) is 2.00. The maximum atomic E-state index is 4.65. The minimum Gasteiger partial charge on any atom is -0.353 e. The van der Waals surface area contributed by atoms with Gasteiger partial charge in [-0.1, -0.05) is 11.3 Å². The summed E-state index contributed by atoms with van der Waals surface area (Å²) >= 11 is 1.61. The normalized spacial score (nSPS) is 17.9. The monoisotopic (exact) mass is 249 g/mol. The van der Waals surface area contributed by atoms with Gasteiger partial charge in [0.2, 0.25) is 0 Å². The molecule has 0 bridgehead atoms. The first-order valence-electron chi connectivity index (χ1n) is 5.76. The molecule has 2 aromatic rings. The first-order chi connectivity index (χ1) is 8.22. The van der Waals surface area contributed by atoms with Crippen molar-refractivity contribution in [2.24, 2.45) is 0 Å². The number of piperazine rings is 1. The van der Waals surface area contributed by atoms with Gasteiger partial charge in [0.05, 0.1) is 11.2 Å². The van der Waals surface area contributed by atoms with Crippen molar-refractivity contribution in [3.63, 3.8) is 0 Å². The van der Waals surface area contributed by atoms with E-state index < -0.39 is 0 Å². The second-order valence-corrected chi connectivity index (χ2v) is 5.56. The van der Waals surface area contributed by atoms with Crippen molar-refractivity contribution in [3.05, 3.63) is 11.2 Å². The lowest BCUT2D eigenvalue weighted by Gasteiger charge is -2.32. The van der Waals surface area contributed by atoms with E-state index in [0.717, 1.165) is 47.5 Å². The highest BCUT2D eigenvalue weighted by molar-refractivity contribution is 7.18. The van der Waals surface area contributed by atoms with E-state index >= 15 is 0 Å². The van der Waals surface area contributed by atoms with Gasteiger partial charge in [-0.05, 0) is 14.0 Å². The van der Waals surface area contributed by atoms with Gasteiger partial charge in [-0.25, -0.2) is 15.0 Å². The van der Waals surface area contributed by atoms with E-state index in [0.29, 0.717) is 0 Å². The van der Waals surface area contributed by atoms with Crippen molar-refractivity contribution >= 4 is 27.6 Å². The minimum atomic E-state index is 0.769. The van der Waals surface area contributed by atoms with E-state index in [1.54, 1.807) is 11.3 Å². The highest BCUT2D eigenvalue weighted by atomic mass is 32.1. The largest absolute Gasteiger partial charge is 0.353 e. The number of thiazole rings is 1. The molecule has 0 aromatic carbocycles. The second-order valence-electron chi connectivity index (χ2n) is 4.38. The molecule has 1 aliphatic heterocycles. The van der Waals surface area contributed by atoms with Crippen LogP contribution in [-0.2, 0) is 0 Å². The van der Waals surface area contributed by atoms with Crippen LogP contribution in [-0.4, -0.2) is 53.1 Å². The Bertz CT molecular complexity index is 530. The van der Waals surface area contributed by atoms with E-state index in [2.05, 4.69) is 31.8 Å². The molecule has 6 heteroatoms. The van der Waals surface area contributed by atoms with E-state index in [1.165, 1.54) is 0 Å². The molecule has 0 N–H and O–H groups in total. The lowest BCUT2D eigenvalue weighted by atomic mass is 10.3. The Kier molecular flexibility index (Phi) is 2.68. The molecule has 17 heavy (non-hydrogen) atoms. The molecule has 1 aliphatic rings. The third-order valence-corrected chi connectivity index (χ3v) is 3.90. The van der Waals surface area contributed by atoms with Crippen molar-refractivity contribution < 1.29 is 0 Å². The number of aryl methyl sites for hydroxylation is 1. The van der Waals surface area contributed by atoms with E-state index in [-0.39, 0.29) is 0 Å². The molecule has 0 radical (unpaired) electrons. The Morgan fingerprint density at radius 1 is 1.18 bits per heavy atom. The number of anilines is 1. The van der Waals surface area contributed by atoms with Crippen LogP contribution in [0.3, 0.4) is 0 Å². The van der Waals surface area contributed by atoms with Crippen LogP contribution < -0.4 is 4.90 Å². The van der Waals surface area contributed by atoms with Crippen molar-refractivity contribution in [2.45, 2.75) is 6.92 Å². The van der Waals surface area contributed by atoms with Crippen LogP contribution in [0.15, 0.2) is 6.20 Å². The molecule has 0 unspecified atom stereocenters. The predicted molar refractivity (Wildman–Crippen MR) is 69.7 cm³/mol. The second kappa shape index (κ2) is 4.19. The summed E-state index contributed by atoms with van der Waals surface area (Å²) in [5.41, 5.74) is 0.769. The van der Waals surface area contributed by atoms with Crippen molar-refractivity contribution in [1.29, 1.82) is 0 Å². The molecule has 0 spiro atoms. The standard InChI is InChI=1S/C11H15N5S/c1-8-13-10-11(17-8)14-9(7-12-10)16-5-3-15(2)4-6-16/h7H,3-6H2,1-2H3. The SMILES string of the molecule is Cc1nc2ncc(N3CCN(C)CC3)nc2s1. The van der Waals surface area contributed by atoms with Gasteiger partial charge in [-0.3, -0.25) is 0 Å². The van der Waals surface area contributed by atoms with Gasteiger partial charge in [-0.15, -0.1) is 0 Å². The van der Waals surface area contributed by atoms with Gasteiger partial charge in [-0.2, -0.15) is 0 Å². The highest BCUT2D eigenvalue weighted by Crippen LogP contribution is 2.21. The zero-order chi connectivity index (χ0) is 11.8.